The van der Waals surface area contributed by atoms with E-state index in [4.69, 9.17) is 0 Å². The molecule has 1 heterocycles. The van der Waals surface area contributed by atoms with Gasteiger partial charge in [0.05, 0.1) is 4.90 Å². The average Bonchev–Trinajstić information content (AvgIpc) is 2.72. The van der Waals surface area contributed by atoms with Crippen LogP contribution in [0.3, 0.4) is 0 Å². The summed E-state index contributed by atoms with van der Waals surface area (Å²) in [4.78, 5) is 7.09. The first-order valence-electron chi connectivity index (χ1n) is 9.95. The lowest BCUT2D eigenvalue weighted by Gasteiger charge is -2.31. The van der Waals surface area contributed by atoms with E-state index in [1.54, 1.807) is 12.1 Å². The van der Waals surface area contributed by atoms with Crippen molar-refractivity contribution in [3.63, 3.8) is 0 Å². The second kappa shape index (κ2) is 11.5. The second-order valence-corrected chi connectivity index (χ2v) is 9.36. The van der Waals surface area contributed by atoms with Crippen molar-refractivity contribution < 1.29 is 8.42 Å². The van der Waals surface area contributed by atoms with Crippen LogP contribution in [0.4, 0.5) is 0 Å². The van der Waals surface area contributed by atoms with Crippen molar-refractivity contribution >= 4 is 45.8 Å². The van der Waals surface area contributed by atoms with Crippen LogP contribution in [0.1, 0.15) is 24.0 Å². The highest BCUT2D eigenvalue weighted by Gasteiger charge is 2.17. The predicted octanol–water partition coefficient (Wildman–Crippen LogP) is 4.01. The number of halogens is 1. The number of hydrogen-bond donors (Lipinski definition) is 1. The molecule has 0 unspecified atom stereocenters. The molecule has 0 aromatic heterocycles. The Morgan fingerprint density at radius 1 is 1.07 bits per heavy atom. The van der Waals surface area contributed by atoms with Crippen molar-refractivity contribution in [2.75, 3.05) is 32.9 Å². The monoisotopic (exact) mass is 539 g/mol. The van der Waals surface area contributed by atoms with Gasteiger partial charge in [0.25, 0.3) is 0 Å². The summed E-state index contributed by atoms with van der Waals surface area (Å²) in [6, 6.07) is 17.6. The molecule has 1 fully saturated rings. The number of sulfone groups is 1. The van der Waals surface area contributed by atoms with Gasteiger partial charge in [0.15, 0.2) is 15.8 Å². The topological polar surface area (TPSA) is 61.8 Å². The summed E-state index contributed by atoms with van der Waals surface area (Å²) in [6.45, 7) is 2.68. The van der Waals surface area contributed by atoms with Crippen molar-refractivity contribution in [1.29, 1.82) is 0 Å². The molecule has 0 atom stereocenters. The Morgan fingerprint density at radius 2 is 1.70 bits per heavy atom. The smallest absolute Gasteiger partial charge is 0.193 e. The van der Waals surface area contributed by atoms with E-state index in [-0.39, 0.29) is 24.0 Å². The van der Waals surface area contributed by atoms with Gasteiger partial charge >= 0.3 is 0 Å². The van der Waals surface area contributed by atoms with Crippen molar-refractivity contribution in [2.24, 2.45) is 4.99 Å². The fourth-order valence-electron chi connectivity index (χ4n) is 3.49. The van der Waals surface area contributed by atoms with Crippen molar-refractivity contribution in [2.45, 2.75) is 24.2 Å². The number of nitrogens with zero attached hydrogens (tertiary/aromatic N) is 2. The van der Waals surface area contributed by atoms with Gasteiger partial charge in [0, 0.05) is 32.9 Å². The summed E-state index contributed by atoms with van der Waals surface area (Å²) in [7, 11) is -1.32. The first-order chi connectivity index (χ1) is 14.0. The van der Waals surface area contributed by atoms with Crippen LogP contribution >= 0.6 is 24.0 Å². The molecule has 162 valence electrons. The fourth-order valence-corrected chi connectivity index (χ4v) is 4.12. The molecule has 2 aromatic carbocycles. The second-order valence-electron chi connectivity index (χ2n) is 7.34. The number of guanidine groups is 1. The Morgan fingerprint density at radius 3 is 2.27 bits per heavy atom. The molecule has 2 aromatic rings. The van der Waals surface area contributed by atoms with Gasteiger partial charge in [-0.1, -0.05) is 54.1 Å². The molecule has 30 heavy (non-hydrogen) atoms. The van der Waals surface area contributed by atoms with E-state index < -0.39 is 9.84 Å². The number of benzene rings is 2. The zero-order chi connectivity index (χ0) is 20.7. The highest BCUT2D eigenvalue weighted by Crippen LogP contribution is 2.19. The quantitative estimate of drug-likeness (QED) is 0.355. The van der Waals surface area contributed by atoms with E-state index in [9.17, 15) is 8.42 Å². The van der Waals surface area contributed by atoms with E-state index in [1.807, 2.05) is 25.2 Å². The first-order valence-corrected chi connectivity index (χ1v) is 11.8. The average molecular weight is 539 g/mol. The molecule has 0 aliphatic carbocycles. The standard InChI is InChI=1S/C23H29N3O2S.HI/c1-24-23(25-15-12-19-8-10-22(11-9-19)29(2,27)28)26-16-13-21(14-17-26)18-20-6-4-3-5-7-20;/h3-11,18H,12-17H2,1-2H3,(H,24,25);1H. The minimum Gasteiger partial charge on any atom is -0.356 e. The lowest BCUT2D eigenvalue weighted by atomic mass is 10.0. The van der Waals surface area contributed by atoms with Crippen LogP contribution in [0.5, 0.6) is 0 Å². The van der Waals surface area contributed by atoms with Gasteiger partial charge in [-0.3, -0.25) is 4.99 Å². The van der Waals surface area contributed by atoms with Crippen LogP contribution in [0.2, 0.25) is 0 Å². The van der Waals surface area contributed by atoms with E-state index in [0.717, 1.165) is 50.4 Å². The van der Waals surface area contributed by atoms with Crippen LogP contribution in [0.25, 0.3) is 6.08 Å². The normalized spacial score (nSPS) is 14.8. The summed E-state index contributed by atoms with van der Waals surface area (Å²) in [5, 5.41) is 3.44. The highest BCUT2D eigenvalue weighted by atomic mass is 127. The van der Waals surface area contributed by atoms with Crippen LogP contribution < -0.4 is 5.32 Å². The van der Waals surface area contributed by atoms with Crippen LogP contribution in [-0.4, -0.2) is 52.2 Å². The molecule has 0 spiro atoms. The van der Waals surface area contributed by atoms with Gasteiger partial charge in [0.2, 0.25) is 0 Å². The molecule has 3 rings (SSSR count). The number of hydrogen-bond acceptors (Lipinski definition) is 3. The maximum absolute atomic E-state index is 11.5. The van der Waals surface area contributed by atoms with E-state index in [2.05, 4.69) is 45.6 Å². The summed E-state index contributed by atoms with van der Waals surface area (Å²) in [6.07, 6.45) is 6.43. The van der Waals surface area contributed by atoms with Gasteiger partial charge in [0.1, 0.15) is 0 Å². The molecule has 1 aliphatic heterocycles. The lowest BCUT2D eigenvalue weighted by molar-refractivity contribution is 0.376. The van der Waals surface area contributed by atoms with E-state index in [0.29, 0.717) is 4.90 Å². The number of piperidine rings is 1. The third kappa shape index (κ3) is 7.12. The molecule has 0 saturated carbocycles. The Balaban J connectivity index is 0.00000320. The van der Waals surface area contributed by atoms with E-state index in [1.165, 1.54) is 17.4 Å². The molecule has 0 radical (unpaired) electrons. The molecule has 1 aliphatic rings. The van der Waals surface area contributed by atoms with Gasteiger partial charge in [-0.2, -0.15) is 0 Å². The first kappa shape index (κ1) is 24.4. The largest absolute Gasteiger partial charge is 0.356 e. The molecule has 0 bridgehead atoms. The Bertz CT molecular complexity index is 961. The van der Waals surface area contributed by atoms with Crippen LogP contribution in [0, 0.1) is 0 Å². The van der Waals surface area contributed by atoms with Crippen LogP contribution in [-0.2, 0) is 16.3 Å². The molecule has 1 saturated heterocycles. The molecule has 0 amide bonds. The highest BCUT2D eigenvalue weighted by molar-refractivity contribution is 14.0. The molecule has 7 heteroatoms. The number of likely N-dealkylation sites (tertiary alicyclic amines) is 1. The zero-order valence-corrected chi connectivity index (χ0v) is 20.7. The Labute approximate surface area is 197 Å². The predicted molar refractivity (Wildman–Crippen MR) is 135 cm³/mol. The van der Waals surface area contributed by atoms with Crippen molar-refractivity contribution in [3.05, 3.63) is 71.3 Å². The summed E-state index contributed by atoms with van der Waals surface area (Å²) in [5.41, 5.74) is 3.85. The number of nitrogens with one attached hydrogen (secondary N) is 1. The molecule has 1 N–H and O–H groups in total. The van der Waals surface area contributed by atoms with Crippen molar-refractivity contribution in [1.82, 2.24) is 10.2 Å². The molecular formula is C23H30IN3O2S. The van der Waals surface area contributed by atoms with Gasteiger partial charge in [-0.15, -0.1) is 24.0 Å². The maximum Gasteiger partial charge on any atom is 0.193 e. The lowest BCUT2D eigenvalue weighted by Crippen LogP contribution is -2.45. The van der Waals surface area contributed by atoms with Gasteiger partial charge < -0.3 is 10.2 Å². The Hall–Kier alpha value is -1.87. The molecule has 5 nitrogen and oxygen atoms in total. The number of rotatable bonds is 5. The minimum atomic E-state index is -3.14. The van der Waals surface area contributed by atoms with Gasteiger partial charge in [-0.25, -0.2) is 8.42 Å². The molecular weight excluding hydrogens is 509 g/mol. The number of aliphatic imine (C=N–C) groups is 1. The minimum absolute atomic E-state index is 0. The summed E-state index contributed by atoms with van der Waals surface area (Å²) >= 11 is 0. The third-order valence-electron chi connectivity index (χ3n) is 5.14. The maximum atomic E-state index is 11.5. The Kier molecular flexibility index (Phi) is 9.36. The van der Waals surface area contributed by atoms with Crippen LogP contribution in [0.15, 0.2) is 70.1 Å². The fraction of sp³-hybridized carbons (Fsp3) is 0.348. The SMILES string of the molecule is CN=C(NCCc1ccc(S(C)(=O)=O)cc1)N1CCC(=Cc2ccccc2)CC1.I. The van der Waals surface area contributed by atoms with E-state index >= 15 is 0 Å². The van der Waals surface area contributed by atoms with Crippen molar-refractivity contribution in [3.8, 4) is 0 Å². The summed E-state index contributed by atoms with van der Waals surface area (Å²) in [5.74, 6) is 0.927. The third-order valence-corrected chi connectivity index (χ3v) is 6.26. The zero-order valence-electron chi connectivity index (χ0n) is 17.5. The summed E-state index contributed by atoms with van der Waals surface area (Å²) < 4.78 is 23.1. The van der Waals surface area contributed by atoms with Gasteiger partial charge in [-0.05, 0) is 42.5 Å².